The van der Waals surface area contributed by atoms with Crippen LogP contribution in [0, 0.1) is 5.82 Å². The zero-order valence-electron chi connectivity index (χ0n) is 6.68. The van der Waals surface area contributed by atoms with Gasteiger partial charge in [0.05, 0.1) is 4.47 Å². The topological polar surface area (TPSA) is 17.1 Å². The van der Waals surface area contributed by atoms with E-state index in [0.29, 0.717) is 4.47 Å². The number of hydrogen-bond donors (Lipinski definition) is 0. The standard InChI is InChI=1S/C10H6BrFO/c11-10-8-5-7(13)3-1-6(8)2-4-9(10)12/h1-4H,5H2. The summed E-state index contributed by atoms with van der Waals surface area (Å²) in [6.07, 6.45) is 3.52. The molecule has 66 valence electrons. The molecule has 0 spiro atoms. The Morgan fingerprint density at radius 3 is 2.85 bits per heavy atom. The number of benzene rings is 1. The molecule has 0 saturated heterocycles. The van der Waals surface area contributed by atoms with Crippen LogP contribution < -0.4 is 0 Å². The Hall–Kier alpha value is -0.960. The number of rotatable bonds is 0. The molecule has 0 N–H and O–H groups in total. The first-order valence-corrected chi connectivity index (χ1v) is 4.65. The van der Waals surface area contributed by atoms with E-state index < -0.39 is 0 Å². The van der Waals surface area contributed by atoms with Gasteiger partial charge in [0.25, 0.3) is 0 Å². The average molecular weight is 241 g/mol. The lowest BCUT2D eigenvalue weighted by Gasteiger charge is -2.11. The number of allylic oxidation sites excluding steroid dienone is 1. The summed E-state index contributed by atoms with van der Waals surface area (Å²) in [6.45, 7) is 0. The van der Waals surface area contributed by atoms with E-state index in [4.69, 9.17) is 0 Å². The molecule has 0 radical (unpaired) electrons. The van der Waals surface area contributed by atoms with E-state index in [-0.39, 0.29) is 18.0 Å². The fourth-order valence-electron chi connectivity index (χ4n) is 1.36. The Labute approximate surface area is 83.4 Å². The summed E-state index contributed by atoms with van der Waals surface area (Å²) in [7, 11) is 0. The Morgan fingerprint density at radius 2 is 2.08 bits per heavy atom. The van der Waals surface area contributed by atoms with Gasteiger partial charge in [-0.1, -0.05) is 12.1 Å². The normalized spacial score (nSPS) is 14.5. The van der Waals surface area contributed by atoms with Crippen molar-refractivity contribution in [1.82, 2.24) is 0 Å². The van der Waals surface area contributed by atoms with Crippen LogP contribution >= 0.6 is 15.9 Å². The minimum absolute atomic E-state index is 0.0128. The highest BCUT2D eigenvalue weighted by Crippen LogP contribution is 2.28. The van der Waals surface area contributed by atoms with Gasteiger partial charge >= 0.3 is 0 Å². The lowest BCUT2D eigenvalue weighted by Crippen LogP contribution is -2.06. The molecule has 1 aliphatic carbocycles. The highest BCUT2D eigenvalue weighted by atomic mass is 79.9. The molecule has 1 nitrogen and oxygen atoms in total. The van der Waals surface area contributed by atoms with E-state index in [1.807, 2.05) is 0 Å². The minimum Gasteiger partial charge on any atom is -0.294 e. The summed E-state index contributed by atoms with van der Waals surface area (Å²) in [5.74, 6) is -0.305. The Morgan fingerprint density at radius 1 is 1.31 bits per heavy atom. The SMILES string of the molecule is O=C1C=Cc2ccc(F)c(Br)c2C1. The minimum atomic E-state index is -0.318. The number of hydrogen-bond acceptors (Lipinski definition) is 1. The van der Waals surface area contributed by atoms with Crippen LogP contribution in [0.2, 0.25) is 0 Å². The molecule has 0 unspecified atom stereocenters. The molecule has 0 heterocycles. The number of halogens is 2. The zero-order chi connectivity index (χ0) is 9.42. The molecule has 1 aromatic rings. The second-order valence-electron chi connectivity index (χ2n) is 2.91. The first-order valence-electron chi connectivity index (χ1n) is 3.86. The largest absolute Gasteiger partial charge is 0.294 e. The zero-order valence-corrected chi connectivity index (χ0v) is 8.27. The third-order valence-electron chi connectivity index (χ3n) is 2.03. The smallest absolute Gasteiger partial charge is 0.160 e. The van der Waals surface area contributed by atoms with Crippen molar-refractivity contribution in [2.24, 2.45) is 0 Å². The number of fused-ring (bicyclic) bond motifs is 1. The molecular weight excluding hydrogens is 235 g/mol. The fraction of sp³-hybridized carbons (Fsp3) is 0.100. The average Bonchev–Trinajstić information content (AvgIpc) is 2.12. The highest BCUT2D eigenvalue weighted by Gasteiger charge is 2.15. The van der Waals surface area contributed by atoms with E-state index in [0.717, 1.165) is 11.1 Å². The van der Waals surface area contributed by atoms with Gasteiger partial charge in [-0.05, 0) is 39.2 Å². The maximum Gasteiger partial charge on any atom is 0.160 e. The molecule has 1 aromatic carbocycles. The maximum absolute atomic E-state index is 13.1. The van der Waals surface area contributed by atoms with Crippen LogP contribution in [0.4, 0.5) is 4.39 Å². The predicted octanol–water partition coefficient (Wildman–Crippen LogP) is 2.73. The Balaban J connectivity index is 2.64. The highest BCUT2D eigenvalue weighted by molar-refractivity contribution is 9.10. The number of carbonyl (C=O) groups excluding carboxylic acids is 1. The summed E-state index contributed by atoms with van der Waals surface area (Å²) in [5, 5.41) is 0. The quantitative estimate of drug-likeness (QED) is 0.682. The second-order valence-corrected chi connectivity index (χ2v) is 3.70. The summed E-state index contributed by atoms with van der Waals surface area (Å²) < 4.78 is 13.5. The molecule has 0 amide bonds. The van der Waals surface area contributed by atoms with Gasteiger partial charge in [-0.3, -0.25) is 4.79 Å². The van der Waals surface area contributed by atoms with Gasteiger partial charge in [0.15, 0.2) is 5.78 Å². The van der Waals surface area contributed by atoms with Crippen LogP contribution in [0.25, 0.3) is 6.08 Å². The lowest BCUT2D eigenvalue weighted by atomic mass is 9.97. The molecule has 1 aliphatic rings. The lowest BCUT2D eigenvalue weighted by molar-refractivity contribution is -0.114. The molecule has 2 rings (SSSR count). The van der Waals surface area contributed by atoms with Crippen molar-refractivity contribution in [3.63, 3.8) is 0 Å². The summed E-state index contributed by atoms with van der Waals surface area (Å²) in [4.78, 5) is 11.1. The van der Waals surface area contributed by atoms with Crippen molar-refractivity contribution in [1.29, 1.82) is 0 Å². The molecule has 0 atom stereocenters. The fourth-order valence-corrected chi connectivity index (χ4v) is 1.86. The van der Waals surface area contributed by atoms with Gasteiger partial charge in [-0.2, -0.15) is 0 Å². The van der Waals surface area contributed by atoms with E-state index >= 15 is 0 Å². The van der Waals surface area contributed by atoms with E-state index in [9.17, 15) is 9.18 Å². The van der Waals surface area contributed by atoms with Crippen molar-refractivity contribution in [2.45, 2.75) is 6.42 Å². The molecule has 3 heteroatoms. The third kappa shape index (κ3) is 1.44. The molecule has 0 bridgehead atoms. The van der Waals surface area contributed by atoms with Crippen LogP contribution in [0.1, 0.15) is 11.1 Å². The molecule has 0 saturated carbocycles. The van der Waals surface area contributed by atoms with Crippen LogP contribution in [0.3, 0.4) is 0 Å². The van der Waals surface area contributed by atoms with Gasteiger partial charge < -0.3 is 0 Å². The van der Waals surface area contributed by atoms with Crippen LogP contribution in [0.15, 0.2) is 22.7 Å². The van der Waals surface area contributed by atoms with Crippen molar-refractivity contribution in [3.05, 3.63) is 39.6 Å². The number of carbonyl (C=O) groups is 1. The van der Waals surface area contributed by atoms with Crippen molar-refractivity contribution < 1.29 is 9.18 Å². The molecule has 0 aliphatic heterocycles. The van der Waals surface area contributed by atoms with Gasteiger partial charge in [0, 0.05) is 6.42 Å². The summed E-state index contributed by atoms with van der Waals surface area (Å²) in [6, 6.07) is 3.07. The van der Waals surface area contributed by atoms with Crippen molar-refractivity contribution in [3.8, 4) is 0 Å². The van der Waals surface area contributed by atoms with Crippen LogP contribution in [-0.2, 0) is 11.2 Å². The van der Waals surface area contributed by atoms with E-state index in [2.05, 4.69) is 15.9 Å². The van der Waals surface area contributed by atoms with Crippen molar-refractivity contribution >= 4 is 27.8 Å². The van der Waals surface area contributed by atoms with Gasteiger partial charge in [0.1, 0.15) is 5.82 Å². The van der Waals surface area contributed by atoms with E-state index in [1.165, 1.54) is 12.1 Å². The van der Waals surface area contributed by atoms with Crippen LogP contribution in [0.5, 0.6) is 0 Å². The molecule has 0 fully saturated rings. The second kappa shape index (κ2) is 3.07. The monoisotopic (exact) mass is 240 g/mol. The van der Waals surface area contributed by atoms with Gasteiger partial charge in [0.2, 0.25) is 0 Å². The van der Waals surface area contributed by atoms with E-state index in [1.54, 1.807) is 12.1 Å². The summed E-state index contributed by atoms with van der Waals surface area (Å²) >= 11 is 3.13. The first kappa shape index (κ1) is 8.63. The van der Waals surface area contributed by atoms with Gasteiger partial charge in [-0.25, -0.2) is 4.39 Å². The maximum atomic E-state index is 13.1. The van der Waals surface area contributed by atoms with Gasteiger partial charge in [-0.15, -0.1) is 0 Å². The Kier molecular flexibility index (Phi) is 2.04. The van der Waals surface area contributed by atoms with Crippen LogP contribution in [-0.4, -0.2) is 5.78 Å². The summed E-state index contributed by atoms with van der Waals surface area (Å²) in [5.41, 5.74) is 1.65. The Bertz CT molecular complexity index is 410. The third-order valence-corrected chi connectivity index (χ3v) is 2.89. The predicted molar refractivity (Wildman–Crippen MR) is 51.8 cm³/mol. The van der Waals surface area contributed by atoms with Crippen molar-refractivity contribution in [2.75, 3.05) is 0 Å². The molecule has 0 aromatic heterocycles. The molecule has 13 heavy (non-hydrogen) atoms. The first-order chi connectivity index (χ1) is 6.18. The number of ketones is 1. The molecular formula is C10H6BrFO.